The maximum absolute atomic E-state index is 5.17. The van der Waals surface area contributed by atoms with Crippen molar-refractivity contribution in [2.24, 2.45) is 0 Å². The van der Waals surface area contributed by atoms with Gasteiger partial charge >= 0.3 is 0 Å². The summed E-state index contributed by atoms with van der Waals surface area (Å²) < 4.78 is 7.40. The quantitative estimate of drug-likeness (QED) is 0.681. The second-order valence-corrected chi connectivity index (χ2v) is 6.51. The van der Waals surface area contributed by atoms with Gasteiger partial charge in [-0.3, -0.25) is 0 Å². The third kappa shape index (κ3) is 2.26. The first kappa shape index (κ1) is 11.7. The molecule has 0 radical (unpaired) electrons. The summed E-state index contributed by atoms with van der Waals surface area (Å²) in [6.45, 7) is 3.87. The van der Waals surface area contributed by atoms with Gasteiger partial charge in [-0.15, -0.1) is 11.3 Å². The van der Waals surface area contributed by atoms with Crippen molar-refractivity contribution in [3.05, 3.63) is 36.0 Å². The van der Waals surface area contributed by atoms with E-state index in [-0.39, 0.29) is 5.25 Å². The molecule has 1 aromatic carbocycles. The van der Waals surface area contributed by atoms with Crippen LogP contribution < -0.4 is 0 Å². The number of nitrogens with zero attached hydrogens (tertiary/aromatic N) is 3. The third-order valence-corrected chi connectivity index (χ3v) is 4.66. The molecule has 92 valence electrons. The molecule has 0 unspecified atom stereocenters. The number of hydrogen-bond donors (Lipinski definition) is 0. The zero-order valence-electron chi connectivity index (χ0n) is 9.95. The van der Waals surface area contributed by atoms with Crippen molar-refractivity contribution < 1.29 is 4.52 Å². The molecule has 0 aliphatic rings. The Balaban J connectivity index is 1.83. The predicted octanol–water partition coefficient (Wildman–Crippen LogP) is 3.84. The van der Waals surface area contributed by atoms with Crippen molar-refractivity contribution in [3.63, 3.8) is 0 Å². The second kappa shape index (κ2) is 4.70. The van der Waals surface area contributed by atoms with Crippen LogP contribution >= 0.6 is 23.1 Å². The topological polar surface area (TPSA) is 51.8 Å². The van der Waals surface area contributed by atoms with Gasteiger partial charge in [-0.05, 0) is 26.0 Å². The molecule has 6 heteroatoms. The largest absolute Gasteiger partial charge is 0.338 e. The van der Waals surface area contributed by atoms with E-state index in [1.54, 1.807) is 23.1 Å². The minimum Gasteiger partial charge on any atom is -0.338 e. The molecule has 0 amide bonds. The lowest BCUT2D eigenvalue weighted by Crippen LogP contribution is -1.88. The van der Waals surface area contributed by atoms with E-state index in [2.05, 4.69) is 21.2 Å². The summed E-state index contributed by atoms with van der Waals surface area (Å²) in [6.07, 6.45) is 0. The van der Waals surface area contributed by atoms with E-state index < -0.39 is 0 Å². The predicted molar refractivity (Wildman–Crippen MR) is 72.9 cm³/mol. The van der Waals surface area contributed by atoms with Gasteiger partial charge in [0.25, 0.3) is 0 Å². The minimum absolute atomic E-state index is 0.117. The highest BCUT2D eigenvalue weighted by Crippen LogP contribution is 2.38. The SMILES string of the molecule is Cc1noc([C@@H](C)Sc2nc3ccccc3s2)n1. The highest BCUT2D eigenvalue weighted by molar-refractivity contribution is 8.01. The lowest BCUT2D eigenvalue weighted by molar-refractivity contribution is 0.376. The molecule has 0 saturated heterocycles. The monoisotopic (exact) mass is 277 g/mol. The van der Waals surface area contributed by atoms with Gasteiger partial charge in [0, 0.05) is 0 Å². The highest BCUT2D eigenvalue weighted by Gasteiger charge is 2.16. The first-order valence-electron chi connectivity index (χ1n) is 5.55. The van der Waals surface area contributed by atoms with E-state index in [0.29, 0.717) is 11.7 Å². The normalized spacial score (nSPS) is 13.0. The number of para-hydroxylation sites is 1. The molecule has 2 aromatic heterocycles. The van der Waals surface area contributed by atoms with Crippen molar-refractivity contribution in [1.29, 1.82) is 0 Å². The van der Waals surface area contributed by atoms with Crippen molar-refractivity contribution in [3.8, 4) is 0 Å². The number of aryl methyl sites for hydroxylation is 1. The zero-order chi connectivity index (χ0) is 12.5. The van der Waals surface area contributed by atoms with Crippen molar-refractivity contribution in [2.75, 3.05) is 0 Å². The van der Waals surface area contributed by atoms with E-state index in [4.69, 9.17) is 4.52 Å². The van der Waals surface area contributed by atoms with Crippen LogP contribution in [0, 0.1) is 6.92 Å². The van der Waals surface area contributed by atoms with E-state index >= 15 is 0 Å². The van der Waals surface area contributed by atoms with Crippen LogP contribution in [-0.4, -0.2) is 15.1 Å². The highest BCUT2D eigenvalue weighted by atomic mass is 32.2. The van der Waals surface area contributed by atoms with E-state index in [1.807, 2.05) is 32.0 Å². The fraction of sp³-hybridized carbons (Fsp3) is 0.250. The summed E-state index contributed by atoms with van der Waals surface area (Å²) in [5.41, 5.74) is 1.04. The van der Waals surface area contributed by atoms with Crippen LogP contribution in [0.25, 0.3) is 10.2 Å². The van der Waals surface area contributed by atoms with Crippen LogP contribution in [0.2, 0.25) is 0 Å². The van der Waals surface area contributed by atoms with Gasteiger partial charge in [-0.1, -0.05) is 29.1 Å². The van der Waals surface area contributed by atoms with Gasteiger partial charge in [0.05, 0.1) is 15.5 Å². The summed E-state index contributed by atoms with van der Waals surface area (Å²) in [5.74, 6) is 1.32. The molecular formula is C12H11N3OS2. The van der Waals surface area contributed by atoms with Gasteiger partial charge < -0.3 is 4.52 Å². The van der Waals surface area contributed by atoms with Gasteiger partial charge in [0.1, 0.15) is 0 Å². The molecule has 0 aliphatic carbocycles. The molecule has 0 N–H and O–H groups in total. The molecule has 0 spiro atoms. The summed E-state index contributed by atoms with van der Waals surface area (Å²) in [4.78, 5) is 8.82. The van der Waals surface area contributed by atoms with Gasteiger partial charge in [0.15, 0.2) is 10.2 Å². The fourth-order valence-electron chi connectivity index (χ4n) is 1.58. The molecule has 18 heavy (non-hydrogen) atoms. The maximum atomic E-state index is 5.17. The number of thiazole rings is 1. The lowest BCUT2D eigenvalue weighted by Gasteiger charge is -2.01. The summed E-state index contributed by atoms with van der Waals surface area (Å²) in [7, 11) is 0. The average Bonchev–Trinajstić information content (AvgIpc) is 2.94. The lowest BCUT2D eigenvalue weighted by atomic mass is 10.3. The Morgan fingerprint density at radius 1 is 1.28 bits per heavy atom. The Hall–Kier alpha value is -1.40. The van der Waals surface area contributed by atoms with Crippen molar-refractivity contribution >= 4 is 33.3 Å². The smallest absolute Gasteiger partial charge is 0.239 e. The molecule has 0 bridgehead atoms. The molecule has 1 atom stereocenters. The Morgan fingerprint density at radius 3 is 2.83 bits per heavy atom. The summed E-state index contributed by atoms with van der Waals surface area (Å²) in [5, 5.41) is 3.92. The number of benzene rings is 1. The number of thioether (sulfide) groups is 1. The number of fused-ring (bicyclic) bond motifs is 1. The standard InChI is InChI=1S/C12H11N3OS2/c1-7(11-13-8(2)15-16-11)17-12-14-9-5-3-4-6-10(9)18-12/h3-7H,1-2H3/t7-/m1/s1. The van der Waals surface area contributed by atoms with Gasteiger partial charge in [-0.2, -0.15) is 4.98 Å². The van der Waals surface area contributed by atoms with Gasteiger partial charge in [0.2, 0.25) is 5.89 Å². The van der Waals surface area contributed by atoms with E-state index in [1.165, 1.54) is 4.70 Å². The first-order valence-corrected chi connectivity index (χ1v) is 7.24. The molecule has 0 aliphatic heterocycles. The van der Waals surface area contributed by atoms with Crippen LogP contribution in [0.1, 0.15) is 23.9 Å². The zero-order valence-corrected chi connectivity index (χ0v) is 11.6. The summed E-state index contributed by atoms with van der Waals surface area (Å²) >= 11 is 3.34. The Morgan fingerprint density at radius 2 is 2.11 bits per heavy atom. The van der Waals surface area contributed by atoms with Crippen LogP contribution in [0.5, 0.6) is 0 Å². The summed E-state index contributed by atoms with van der Waals surface area (Å²) in [6, 6.07) is 8.14. The van der Waals surface area contributed by atoms with Crippen LogP contribution in [0.15, 0.2) is 33.1 Å². The van der Waals surface area contributed by atoms with E-state index in [0.717, 1.165) is 9.86 Å². The van der Waals surface area contributed by atoms with E-state index in [9.17, 15) is 0 Å². The molecular weight excluding hydrogens is 266 g/mol. The van der Waals surface area contributed by atoms with Crippen LogP contribution in [-0.2, 0) is 0 Å². The van der Waals surface area contributed by atoms with Crippen LogP contribution in [0.3, 0.4) is 0 Å². The van der Waals surface area contributed by atoms with Gasteiger partial charge in [-0.25, -0.2) is 4.98 Å². The molecule has 3 aromatic rings. The number of hydrogen-bond acceptors (Lipinski definition) is 6. The molecule has 0 fully saturated rings. The maximum Gasteiger partial charge on any atom is 0.239 e. The Bertz CT molecular complexity index is 644. The first-order chi connectivity index (χ1) is 8.72. The number of rotatable bonds is 3. The average molecular weight is 277 g/mol. The van der Waals surface area contributed by atoms with Crippen LogP contribution in [0.4, 0.5) is 0 Å². The van der Waals surface area contributed by atoms with Crippen molar-refractivity contribution in [2.45, 2.75) is 23.4 Å². The molecule has 0 saturated carbocycles. The Labute approximate surface area is 112 Å². The second-order valence-electron chi connectivity index (χ2n) is 3.89. The fourth-order valence-corrected chi connectivity index (χ4v) is 3.82. The molecule has 2 heterocycles. The molecule has 4 nitrogen and oxygen atoms in total. The third-order valence-electron chi connectivity index (χ3n) is 2.44. The number of aromatic nitrogens is 3. The molecule has 3 rings (SSSR count). The Kier molecular flexibility index (Phi) is 3.05. The minimum atomic E-state index is 0.117. The van der Waals surface area contributed by atoms with Crippen molar-refractivity contribution in [1.82, 2.24) is 15.1 Å².